The zero-order valence-electron chi connectivity index (χ0n) is 15.6. The van der Waals surface area contributed by atoms with Crippen LogP contribution in [0.4, 0.5) is 0 Å². The van der Waals surface area contributed by atoms with Gasteiger partial charge in [-0.25, -0.2) is 4.68 Å². The summed E-state index contributed by atoms with van der Waals surface area (Å²) in [5.41, 5.74) is 3.52. The quantitative estimate of drug-likeness (QED) is 0.621. The van der Waals surface area contributed by atoms with Gasteiger partial charge in [0, 0.05) is 12.7 Å². The van der Waals surface area contributed by atoms with Gasteiger partial charge in [-0.3, -0.25) is 9.48 Å². The summed E-state index contributed by atoms with van der Waals surface area (Å²) >= 11 is 3.45. The number of rotatable bonds is 7. The molecule has 2 heterocycles. The van der Waals surface area contributed by atoms with Crippen LogP contribution in [0, 0.1) is 13.8 Å². The van der Waals surface area contributed by atoms with Crippen molar-refractivity contribution in [2.75, 3.05) is 0 Å². The fourth-order valence-electron chi connectivity index (χ4n) is 2.74. The molecule has 142 valence electrons. The Hall–Kier alpha value is -2.61. The Kier molecular flexibility index (Phi) is 5.95. The Bertz CT molecular complexity index is 947. The van der Waals surface area contributed by atoms with Gasteiger partial charge in [0.05, 0.1) is 22.9 Å². The molecule has 0 atom stereocenters. The van der Waals surface area contributed by atoms with E-state index in [1.807, 2.05) is 37.6 Å². The van der Waals surface area contributed by atoms with Crippen molar-refractivity contribution in [3.8, 4) is 5.75 Å². The molecule has 0 radical (unpaired) electrons. The van der Waals surface area contributed by atoms with Crippen molar-refractivity contribution in [1.29, 1.82) is 0 Å². The number of nitrogens with zero attached hydrogens (tertiary/aromatic N) is 4. The lowest BCUT2D eigenvalue weighted by molar-refractivity contribution is 0.0942. The summed E-state index contributed by atoms with van der Waals surface area (Å²) in [7, 11) is 0. The van der Waals surface area contributed by atoms with Crippen LogP contribution in [0.5, 0.6) is 5.75 Å². The van der Waals surface area contributed by atoms with Crippen molar-refractivity contribution >= 4 is 21.8 Å². The molecule has 3 aromatic rings. The number of ether oxygens (including phenoxy) is 1. The summed E-state index contributed by atoms with van der Waals surface area (Å²) in [5.74, 6) is 0.566. The third kappa shape index (κ3) is 4.57. The third-order valence-electron chi connectivity index (χ3n) is 4.17. The highest BCUT2D eigenvalue weighted by Gasteiger charge is 2.13. The maximum absolute atomic E-state index is 12.4. The number of amides is 1. The fraction of sp³-hybridized carbons (Fsp3) is 0.316. The number of carbonyl (C=O) groups excluding carboxylic acids is 1. The number of hydrogen-bond acceptors (Lipinski definition) is 4. The Morgan fingerprint density at radius 1 is 1.30 bits per heavy atom. The molecule has 0 aliphatic heterocycles. The summed E-state index contributed by atoms with van der Waals surface area (Å²) in [5, 5.41) is 11.4. The van der Waals surface area contributed by atoms with Crippen molar-refractivity contribution in [2.24, 2.45) is 0 Å². The maximum atomic E-state index is 12.4. The van der Waals surface area contributed by atoms with Gasteiger partial charge in [0.15, 0.2) is 6.73 Å². The number of benzene rings is 1. The van der Waals surface area contributed by atoms with Crippen LogP contribution >= 0.6 is 15.9 Å². The van der Waals surface area contributed by atoms with Crippen LogP contribution in [0.3, 0.4) is 0 Å². The van der Waals surface area contributed by atoms with Crippen LogP contribution in [0.1, 0.15) is 34.2 Å². The summed E-state index contributed by atoms with van der Waals surface area (Å²) in [6.45, 7) is 7.40. The lowest BCUT2D eigenvalue weighted by Gasteiger charge is -2.09. The van der Waals surface area contributed by atoms with Gasteiger partial charge in [0.2, 0.25) is 0 Å². The summed E-state index contributed by atoms with van der Waals surface area (Å²) in [6, 6.07) is 7.68. The highest BCUT2D eigenvalue weighted by molar-refractivity contribution is 9.10. The van der Waals surface area contributed by atoms with Gasteiger partial charge >= 0.3 is 0 Å². The molecule has 0 fully saturated rings. The summed E-state index contributed by atoms with van der Waals surface area (Å²) in [6.07, 6.45) is 3.45. The Balaban J connectivity index is 1.58. The van der Waals surface area contributed by atoms with Gasteiger partial charge in [-0.2, -0.15) is 10.2 Å². The molecule has 7 nitrogen and oxygen atoms in total. The molecule has 0 aliphatic carbocycles. The minimum atomic E-state index is -0.240. The van der Waals surface area contributed by atoms with E-state index in [0.29, 0.717) is 12.2 Å². The van der Waals surface area contributed by atoms with E-state index < -0.39 is 0 Å². The first kappa shape index (κ1) is 19.2. The van der Waals surface area contributed by atoms with E-state index in [9.17, 15) is 4.79 Å². The van der Waals surface area contributed by atoms with Crippen molar-refractivity contribution in [1.82, 2.24) is 24.9 Å². The second kappa shape index (κ2) is 8.39. The highest BCUT2D eigenvalue weighted by Crippen LogP contribution is 2.19. The Morgan fingerprint density at radius 3 is 2.85 bits per heavy atom. The maximum Gasteiger partial charge on any atom is 0.272 e. The number of aromatic nitrogens is 4. The van der Waals surface area contributed by atoms with Crippen molar-refractivity contribution in [3.05, 3.63) is 63.6 Å². The van der Waals surface area contributed by atoms with Gasteiger partial charge in [0.25, 0.3) is 5.91 Å². The van der Waals surface area contributed by atoms with Gasteiger partial charge < -0.3 is 10.1 Å². The normalized spacial score (nSPS) is 10.8. The smallest absolute Gasteiger partial charge is 0.272 e. The average molecular weight is 432 g/mol. The molecule has 2 aromatic heterocycles. The first-order valence-electron chi connectivity index (χ1n) is 8.69. The lowest BCUT2D eigenvalue weighted by atomic mass is 10.1. The molecule has 0 unspecified atom stereocenters. The van der Waals surface area contributed by atoms with Crippen LogP contribution in [0.2, 0.25) is 0 Å². The fourth-order valence-corrected chi connectivity index (χ4v) is 3.18. The van der Waals surface area contributed by atoms with E-state index in [-0.39, 0.29) is 12.6 Å². The predicted molar refractivity (Wildman–Crippen MR) is 106 cm³/mol. The summed E-state index contributed by atoms with van der Waals surface area (Å²) < 4.78 is 10.1. The van der Waals surface area contributed by atoms with Crippen molar-refractivity contribution in [3.63, 3.8) is 0 Å². The number of nitrogens with one attached hydrogen (secondary N) is 1. The first-order valence-corrected chi connectivity index (χ1v) is 9.49. The van der Waals surface area contributed by atoms with Crippen LogP contribution in [0.15, 0.2) is 41.1 Å². The molecular weight excluding hydrogens is 410 g/mol. The Labute approximate surface area is 166 Å². The minimum absolute atomic E-state index is 0.240. The van der Waals surface area contributed by atoms with Gasteiger partial charge in [-0.05, 0) is 54.4 Å². The van der Waals surface area contributed by atoms with Gasteiger partial charge in [-0.15, -0.1) is 0 Å². The number of carbonyl (C=O) groups is 1. The van der Waals surface area contributed by atoms with Crippen LogP contribution in [0.25, 0.3) is 0 Å². The topological polar surface area (TPSA) is 74.0 Å². The third-order valence-corrected chi connectivity index (χ3v) is 4.83. The molecule has 8 heteroatoms. The molecule has 1 amide bonds. The molecule has 0 bridgehead atoms. The second-order valence-corrected chi connectivity index (χ2v) is 7.07. The Morgan fingerprint density at radius 2 is 2.11 bits per heavy atom. The van der Waals surface area contributed by atoms with Crippen molar-refractivity contribution < 1.29 is 9.53 Å². The van der Waals surface area contributed by atoms with Crippen molar-refractivity contribution in [2.45, 2.75) is 40.6 Å². The standard InChI is InChI=1S/C19H22BrN5O2/c1-4-25-17(15(20)10-22-25)11-21-19(26)16-7-8-24(23-16)12-27-18-6-5-13(2)9-14(18)3/h5-10H,4,11-12H2,1-3H3,(H,21,26). The molecule has 0 saturated heterocycles. The zero-order chi connectivity index (χ0) is 19.4. The van der Waals surface area contributed by atoms with Crippen LogP contribution < -0.4 is 10.1 Å². The zero-order valence-corrected chi connectivity index (χ0v) is 17.2. The highest BCUT2D eigenvalue weighted by atomic mass is 79.9. The van der Waals surface area contributed by atoms with E-state index in [2.05, 4.69) is 37.5 Å². The molecule has 27 heavy (non-hydrogen) atoms. The van der Waals surface area contributed by atoms with Crippen LogP contribution in [-0.2, 0) is 19.8 Å². The molecular formula is C19H22BrN5O2. The SMILES string of the molecule is CCn1ncc(Br)c1CNC(=O)c1ccn(COc2ccc(C)cc2C)n1. The summed E-state index contributed by atoms with van der Waals surface area (Å²) in [4.78, 5) is 12.4. The molecule has 1 N–H and O–H groups in total. The predicted octanol–water partition coefficient (Wildman–Crippen LogP) is 3.45. The minimum Gasteiger partial charge on any atom is -0.471 e. The monoisotopic (exact) mass is 431 g/mol. The van der Waals surface area contributed by atoms with E-state index in [1.54, 1.807) is 23.1 Å². The number of hydrogen-bond donors (Lipinski definition) is 1. The molecule has 0 saturated carbocycles. The van der Waals surface area contributed by atoms with Crippen LogP contribution in [-0.4, -0.2) is 25.5 Å². The van der Waals surface area contributed by atoms with E-state index >= 15 is 0 Å². The average Bonchev–Trinajstić information content (AvgIpc) is 3.25. The molecule has 0 aliphatic rings. The first-order chi connectivity index (χ1) is 13.0. The lowest BCUT2D eigenvalue weighted by Crippen LogP contribution is -2.25. The largest absolute Gasteiger partial charge is 0.471 e. The van der Waals surface area contributed by atoms with Gasteiger partial charge in [-0.1, -0.05) is 17.7 Å². The number of aryl methyl sites for hydroxylation is 3. The van der Waals surface area contributed by atoms with E-state index in [4.69, 9.17) is 4.74 Å². The second-order valence-electron chi connectivity index (χ2n) is 6.22. The molecule has 1 aromatic carbocycles. The van der Waals surface area contributed by atoms with E-state index in [0.717, 1.165) is 28.0 Å². The van der Waals surface area contributed by atoms with Gasteiger partial charge in [0.1, 0.15) is 11.4 Å². The molecule has 0 spiro atoms. The van der Waals surface area contributed by atoms with E-state index in [1.165, 1.54) is 5.56 Å². The molecule has 3 rings (SSSR count). The number of halogens is 1.